The number of benzene rings is 1. The predicted octanol–water partition coefficient (Wildman–Crippen LogP) is 2.79. The molecule has 0 saturated carbocycles. The quantitative estimate of drug-likeness (QED) is 0.744. The van der Waals surface area contributed by atoms with Crippen molar-refractivity contribution >= 4 is 23.2 Å². The fourth-order valence-electron chi connectivity index (χ4n) is 2.41. The molecule has 0 aliphatic carbocycles. The Balaban J connectivity index is 1.99. The van der Waals surface area contributed by atoms with Gasteiger partial charge in [0.15, 0.2) is 0 Å². The average Bonchev–Trinajstić information content (AvgIpc) is 2.80. The molecule has 1 N–H and O–H groups in total. The molecule has 3 rings (SSSR count). The van der Waals surface area contributed by atoms with E-state index < -0.39 is 5.91 Å². The summed E-state index contributed by atoms with van der Waals surface area (Å²) in [4.78, 5) is 28.9. The highest BCUT2D eigenvalue weighted by Gasteiger charge is 2.18. The van der Waals surface area contributed by atoms with Crippen LogP contribution in [0.15, 0.2) is 53.5 Å². The number of pyridine rings is 1. The van der Waals surface area contributed by atoms with Crippen LogP contribution in [0.1, 0.15) is 16.1 Å². The standard InChI is InChI=1S/C17H15ClN4O2/c1-11-15(20-16(23)12-8-9-14(18)19-10-12)17(24)22(21(11)2)13-6-4-3-5-7-13/h3-10H,1-2H3,(H,20,23). The first-order chi connectivity index (χ1) is 11.5. The zero-order chi connectivity index (χ0) is 17.3. The number of hydrogen-bond acceptors (Lipinski definition) is 3. The van der Waals surface area contributed by atoms with Gasteiger partial charge in [-0.3, -0.25) is 14.3 Å². The maximum atomic E-state index is 12.7. The van der Waals surface area contributed by atoms with E-state index in [9.17, 15) is 9.59 Å². The van der Waals surface area contributed by atoms with Crippen LogP contribution in [-0.4, -0.2) is 20.3 Å². The summed E-state index contributed by atoms with van der Waals surface area (Å²) in [7, 11) is 1.77. The zero-order valence-electron chi connectivity index (χ0n) is 13.2. The molecule has 122 valence electrons. The van der Waals surface area contributed by atoms with Crippen LogP contribution >= 0.6 is 11.6 Å². The Labute approximate surface area is 143 Å². The number of aromatic nitrogens is 3. The molecule has 1 aromatic carbocycles. The van der Waals surface area contributed by atoms with Gasteiger partial charge >= 0.3 is 0 Å². The van der Waals surface area contributed by atoms with E-state index in [-0.39, 0.29) is 11.2 Å². The normalized spacial score (nSPS) is 10.6. The van der Waals surface area contributed by atoms with Gasteiger partial charge in [-0.05, 0) is 31.2 Å². The molecule has 0 atom stereocenters. The molecule has 6 nitrogen and oxygen atoms in total. The SMILES string of the molecule is Cc1c(NC(=O)c2ccc(Cl)nc2)c(=O)n(-c2ccccc2)n1C. The van der Waals surface area contributed by atoms with E-state index in [2.05, 4.69) is 10.3 Å². The number of nitrogens with one attached hydrogen (secondary N) is 1. The first-order valence-electron chi connectivity index (χ1n) is 7.26. The van der Waals surface area contributed by atoms with Crippen LogP contribution in [0.5, 0.6) is 0 Å². The molecule has 0 radical (unpaired) electrons. The van der Waals surface area contributed by atoms with Crippen molar-refractivity contribution in [1.29, 1.82) is 0 Å². The summed E-state index contributed by atoms with van der Waals surface area (Å²) in [6, 6.07) is 12.3. The first-order valence-corrected chi connectivity index (χ1v) is 7.64. The Hall–Kier alpha value is -2.86. The summed E-state index contributed by atoms with van der Waals surface area (Å²) >= 11 is 5.72. The van der Waals surface area contributed by atoms with Crippen molar-refractivity contribution in [3.63, 3.8) is 0 Å². The van der Waals surface area contributed by atoms with Crippen LogP contribution in [0.3, 0.4) is 0 Å². The number of carbonyl (C=O) groups excluding carboxylic acids is 1. The highest BCUT2D eigenvalue weighted by atomic mass is 35.5. The van der Waals surface area contributed by atoms with Crippen molar-refractivity contribution in [2.24, 2.45) is 7.05 Å². The van der Waals surface area contributed by atoms with Crippen LogP contribution in [0.2, 0.25) is 5.15 Å². The van der Waals surface area contributed by atoms with Gasteiger partial charge < -0.3 is 5.32 Å². The average molecular weight is 343 g/mol. The smallest absolute Gasteiger partial charge is 0.295 e. The molecule has 0 aliphatic rings. The second kappa shape index (κ2) is 6.33. The fraction of sp³-hybridized carbons (Fsp3) is 0.118. The van der Waals surface area contributed by atoms with Crippen LogP contribution < -0.4 is 10.9 Å². The van der Waals surface area contributed by atoms with Gasteiger partial charge in [0.25, 0.3) is 11.5 Å². The van der Waals surface area contributed by atoms with Gasteiger partial charge in [-0.25, -0.2) is 9.67 Å². The highest BCUT2D eigenvalue weighted by Crippen LogP contribution is 2.15. The van der Waals surface area contributed by atoms with Crippen molar-refractivity contribution in [1.82, 2.24) is 14.3 Å². The van der Waals surface area contributed by atoms with Gasteiger partial charge in [0, 0.05) is 13.2 Å². The second-order valence-corrected chi connectivity index (χ2v) is 5.65. The largest absolute Gasteiger partial charge is 0.316 e. The third-order valence-electron chi connectivity index (χ3n) is 3.78. The number of amides is 1. The molecule has 2 aromatic heterocycles. The number of para-hydroxylation sites is 1. The summed E-state index contributed by atoms with van der Waals surface area (Å²) in [6.07, 6.45) is 1.37. The first kappa shape index (κ1) is 16.0. The molecular weight excluding hydrogens is 328 g/mol. The summed E-state index contributed by atoms with van der Waals surface area (Å²) in [5.74, 6) is -0.412. The van der Waals surface area contributed by atoms with Gasteiger partial charge in [0.05, 0.1) is 16.9 Å². The van der Waals surface area contributed by atoms with Crippen molar-refractivity contribution in [2.45, 2.75) is 6.92 Å². The Morgan fingerprint density at radius 2 is 1.88 bits per heavy atom. The molecule has 0 bridgehead atoms. The van der Waals surface area contributed by atoms with E-state index in [1.807, 2.05) is 30.3 Å². The number of hydrogen-bond donors (Lipinski definition) is 1. The van der Waals surface area contributed by atoms with Gasteiger partial charge in [-0.2, -0.15) is 0 Å². The van der Waals surface area contributed by atoms with Crippen LogP contribution in [0, 0.1) is 6.92 Å². The molecule has 1 amide bonds. The highest BCUT2D eigenvalue weighted by molar-refractivity contribution is 6.29. The van der Waals surface area contributed by atoms with E-state index in [4.69, 9.17) is 11.6 Å². The number of rotatable bonds is 3. The lowest BCUT2D eigenvalue weighted by Gasteiger charge is -2.07. The maximum Gasteiger partial charge on any atom is 0.295 e. The van der Waals surface area contributed by atoms with Gasteiger partial charge in [-0.15, -0.1) is 0 Å². The Bertz CT molecular complexity index is 943. The Kier molecular flexibility index (Phi) is 4.22. The van der Waals surface area contributed by atoms with E-state index in [0.717, 1.165) is 5.69 Å². The number of halogens is 1. The minimum atomic E-state index is -0.412. The third kappa shape index (κ3) is 2.83. The zero-order valence-corrected chi connectivity index (χ0v) is 13.9. The maximum absolute atomic E-state index is 12.7. The third-order valence-corrected chi connectivity index (χ3v) is 4.01. The molecule has 3 aromatic rings. The summed E-state index contributed by atoms with van der Waals surface area (Å²) in [5, 5.41) is 2.97. The summed E-state index contributed by atoms with van der Waals surface area (Å²) in [5.41, 5.74) is 1.65. The molecule has 24 heavy (non-hydrogen) atoms. The van der Waals surface area contributed by atoms with E-state index in [1.54, 1.807) is 24.7 Å². The molecule has 0 aliphatic heterocycles. The van der Waals surface area contributed by atoms with E-state index in [1.165, 1.54) is 16.9 Å². The number of carbonyl (C=O) groups is 1. The Morgan fingerprint density at radius 3 is 2.50 bits per heavy atom. The van der Waals surface area contributed by atoms with Crippen LogP contribution in [0.4, 0.5) is 5.69 Å². The van der Waals surface area contributed by atoms with Crippen molar-refractivity contribution in [3.8, 4) is 5.69 Å². The lowest BCUT2D eigenvalue weighted by molar-refractivity contribution is 0.102. The minimum absolute atomic E-state index is 0.237. The monoisotopic (exact) mass is 342 g/mol. The lowest BCUT2D eigenvalue weighted by atomic mass is 10.2. The number of anilines is 1. The van der Waals surface area contributed by atoms with Crippen molar-refractivity contribution in [2.75, 3.05) is 5.32 Å². The van der Waals surface area contributed by atoms with Crippen LogP contribution in [-0.2, 0) is 7.05 Å². The fourth-order valence-corrected chi connectivity index (χ4v) is 2.52. The van der Waals surface area contributed by atoms with Crippen molar-refractivity contribution in [3.05, 3.63) is 75.4 Å². The molecule has 0 spiro atoms. The molecule has 2 heterocycles. The van der Waals surface area contributed by atoms with Crippen LogP contribution in [0.25, 0.3) is 5.69 Å². The molecular formula is C17H15ClN4O2. The predicted molar refractivity (Wildman–Crippen MR) is 92.9 cm³/mol. The number of nitrogens with zero attached hydrogens (tertiary/aromatic N) is 3. The summed E-state index contributed by atoms with van der Waals surface area (Å²) in [6.45, 7) is 1.77. The summed E-state index contributed by atoms with van der Waals surface area (Å²) < 4.78 is 3.21. The van der Waals surface area contributed by atoms with Gasteiger partial charge in [-0.1, -0.05) is 29.8 Å². The minimum Gasteiger partial charge on any atom is -0.316 e. The second-order valence-electron chi connectivity index (χ2n) is 5.26. The van der Waals surface area contributed by atoms with Gasteiger partial charge in [0.1, 0.15) is 10.8 Å². The van der Waals surface area contributed by atoms with Gasteiger partial charge in [0.2, 0.25) is 0 Å². The topological polar surface area (TPSA) is 68.9 Å². The van der Waals surface area contributed by atoms with E-state index in [0.29, 0.717) is 16.4 Å². The lowest BCUT2D eigenvalue weighted by Crippen LogP contribution is -2.23. The molecule has 0 fully saturated rings. The molecule has 7 heteroatoms. The van der Waals surface area contributed by atoms with E-state index >= 15 is 0 Å². The molecule has 0 saturated heterocycles. The van der Waals surface area contributed by atoms with Crippen molar-refractivity contribution < 1.29 is 4.79 Å². The molecule has 0 unspecified atom stereocenters. The Morgan fingerprint density at radius 1 is 1.17 bits per heavy atom.